The molecule has 1 aliphatic heterocycles. The number of nitrogens with zero attached hydrogens (tertiary/aromatic N) is 1. The van der Waals surface area contributed by atoms with E-state index in [0.717, 1.165) is 21.6 Å². The highest BCUT2D eigenvalue weighted by Gasteiger charge is 2.36. The molecule has 0 spiro atoms. The zero-order valence-electron chi connectivity index (χ0n) is 17.4. The summed E-state index contributed by atoms with van der Waals surface area (Å²) in [6, 6.07) is 12.4. The third-order valence-electron chi connectivity index (χ3n) is 4.33. The number of thioether (sulfide) groups is 2. The van der Waals surface area contributed by atoms with Gasteiger partial charge >= 0.3 is 0 Å². The molecule has 1 fully saturated rings. The van der Waals surface area contributed by atoms with Crippen molar-refractivity contribution in [1.82, 2.24) is 4.90 Å². The van der Waals surface area contributed by atoms with Gasteiger partial charge in [0.05, 0.1) is 12.0 Å². The van der Waals surface area contributed by atoms with Gasteiger partial charge in [-0.15, -0.1) is 18.2 Å². The summed E-state index contributed by atoms with van der Waals surface area (Å²) >= 11 is 2.33. The Labute approximate surface area is 194 Å². The number of rotatable bonds is 8. The lowest BCUT2D eigenvalue weighted by atomic mass is 10.2. The van der Waals surface area contributed by atoms with Gasteiger partial charge < -0.3 is 14.8 Å². The van der Waals surface area contributed by atoms with Gasteiger partial charge in [0.25, 0.3) is 11.1 Å². The summed E-state index contributed by atoms with van der Waals surface area (Å²) < 4.78 is 10.7. The van der Waals surface area contributed by atoms with E-state index < -0.39 is 17.1 Å². The molecule has 1 heterocycles. The minimum absolute atomic E-state index is 0.0955. The molecular weight excluding hydrogens is 448 g/mol. The van der Waals surface area contributed by atoms with Crippen molar-refractivity contribution in [3.05, 3.63) is 52.9 Å². The molecule has 1 aliphatic rings. The molecular formula is C23H20N2O5S2. The van der Waals surface area contributed by atoms with E-state index >= 15 is 0 Å². The molecule has 0 unspecified atom stereocenters. The van der Waals surface area contributed by atoms with Crippen LogP contribution in [0.4, 0.5) is 10.5 Å². The fraction of sp³-hybridized carbons (Fsp3) is 0.174. The largest absolute Gasteiger partial charge is 0.493 e. The van der Waals surface area contributed by atoms with Crippen LogP contribution in [-0.4, -0.2) is 48.5 Å². The van der Waals surface area contributed by atoms with Gasteiger partial charge in [0.1, 0.15) is 13.2 Å². The maximum Gasteiger partial charge on any atom is 0.294 e. The van der Waals surface area contributed by atoms with E-state index in [9.17, 15) is 14.4 Å². The number of amides is 3. The van der Waals surface area contributed by atoms with Crippen LogP contribution in [0, 0.1) is 12.3 Å². The van der Waals surface area contributed by atoms with Crippen molar-refractivity contribution >= 4 is 52.3 Å². The van der Waals surface area contributed by atoms with Gasteiger partial charge in [0, 0.05) is 10.6 Å². The molecule has 0 bridgehead atoms. The summed E-state index contributed by atoms with van der Waals surface area (Å²) in [5.41, 5.74) is 1.24. The van der Waals surface area contributed by atoms with Crippen molar-refractivity contribution in [1.29, 1.82) is 0 Å². The Hall–Kier alpha value is -3.35. The number of methoxy groups -OCH3 is 1. The number of carbonyl (C=O) groups is 3. The lowest BCUT2D eigenvalue weighted by Gasteiger charge is -2.13. The van der Waals surface area contributed by atoms with Crippen molar-refractivity contribution in [3.8, 4) is 23.8 Å². The smallest absolute Gasteiger partial charge is 0.294 e. The molecule has 0 saturated carbocycles. The number of hydrogen-bond acceptors (Lipinski definition) is 7. The maximum atomic E-state index is 12.7. The Morgan fingerprint density at radius 2 is 2.06 bits per heavy atom. The summed E-state index contributed by atoms with van der Waals surface area (Å²) in [5, 5.41) is 2.21. The lowest BCUT2D eigenvalue weighted by molar-refractivity contribution is -0.127. The van der Waals surface area contributed by atoms with Crippen LogP contribution in [0.25, 0.3) is 6.08 Å². The fourth-order valence-corrected chi connectivity index (χ4v) is 4.14. The number of imide groups is 1. The predicted molar refractivity (Wildman–Crippen MR) is 127 cm³/mol. The van der Waals surface area contributed by atoms with Gasteiger partial charge in [-0.1, -0.05) is 18.1 Å². The molecule has 1 N–H and O–H groups in total. The summed E-state index contributed by atoms with van der Waals surface area (Å²) in [6.07, 6.45) is 8.71. The third-order valence-corrected chi connectivity index (χ3v) is 5.96. The summed E-state index contributed by atoms with van der Waals surface area (Å²) in [5.74, 6) is 2.31. The summed E-state index contributed by atoms with van der Waals surface area (Å²) in [4.78, 5) is 39.6. The van der Waals surface area contributed by atoms with E-state index in [1.165, 1.54) is 7.11 Å². The van der Waals surface area contributed by atoms with E-state index in [-0.39, 0.29) is 18.1 Å². The molecule has 164 valence electrons. The van der Waals surface area contributed by atoms with Gasteiger partial charge in [0.15, 0.2) is 11.5 Å². The topological polar surface area (TPSA) is 84.9 Å². The molecule has 9 heteroatoms. The summed E-state index contributed by atoms with van der Waals surface area (Å²) in [6.45, 7) is -0.272. The van der Waals surface area contributed by atoms with Crippen LogP contribution in [-0.2, 0) is 9.59 Å². The zero-order chi connectivity index (χ0) is 23.1. The molecule has 3 rings (SSSR count). The first-order chi connectivity index (χ1) is 15.4. The first-order valence-corrected chi connectivity index (χ1v) is 11.4. The van der Waals surface area contributed by atoms with Crippen molar-refractivity contribution in [2.24, 2.45) is 0 Å². The molecule has 32 heavy (non-hydrogen) atoms. The van der Waals surface area contributed by atoms with E-state index in [0.29, 0.717) is 22.7 Å². The van der Waals surface area contributed by atoms with Gasteiger partial charge in [-0.3, -0.25) is 19.3 Å². The van der Waals surface area contributed by atoms with Crippen molar-refractivity contribution in [3.63, 3.8) is 0 Å². The molecule has 7 nitrogen and oxygen atoms in total. The van der Waals surface area contributed by atoms with Gasteiger partial charge in [-0.05, 0) is 60.0 Å². The number of carbonyl (C=O) groups excluding carboxylic acids is 3. The Balaban J connectivity index is 1.70. The monoisotopic (exact) mass is 468 g/mol. The first-order valence-electron chi connectivity index (χ1n) is 9.38. The number of benzene rings is 2. The Kier molecular flexibility index (Phi) is 7.87. The Morgan fingerprint density at radius 1 is 1.25 bits per heavy atom. The van der Waals surface area contributed by atoms with Crippen molar-refractivity contribution in [2.75, 3.05) is 31.8 Å². The van der Waals surface area contributed by atoms with Crippen LogP contribution in [0.2, 0.25) is 0 Å². The molecule has 0 aromatic heterocycles. The zero-order valence-corrected chi connectivity index (χ0v) is 19.0. The van der Waals surface area contributed by atoms with Crippen LogP contribution in [0.5, 0.6) is 11.5 Å². The molecule has 0 aliphatic carbocycles. The fourth-order valence-electron chi connectivity index (χ4n) is 2.85. The third kappa shape index (κ3) is 5.66. The van der Waals surface area contributed by atoms with Gasteiger partial charge in [0.2, 0.25) is 5.91 Å². The van der Waals surface area contributed by atoms with E-state index in [4.69, 9.17) is 15.9 Å². The highest BCUT2D eigenvalue weighted by atomic mass is 32.2. The molecule has 0 radical (unpaired) electrons. The first kappa shape index (κ1) is 23.3. The van der Waals surface area contributed by atoms with E-state index in [1.54, 1.807) is 42.1 Å². The number of anilines is 1. The van der Waals surface area contributed by atoms with Crippen LogP contribution in [0.15, 0.2) is 52.3 Å². The number of nitrogens with one attached hydrogen (secondary N) is 1. The van der Waals surface area contributed by atoms with E-state index in [1.807, 2.05) is 24.5 Å². The number of terminal acetylenes is 1. The van der Waals surface area contributed by atoms with Gasteiger partial charge in [-0.2, -0.15) is 0 Å². The highest BCUT2D eigenvalue weighted by Crippen LogP contribution is 2.34. The SMILES string of the molecule is C#CCOc1ccc(/C=C2\SC(=O)N(CC(=O)Nc3cccc(SC)c3)C2=O)cc1OC. The van der Waals surface area contributed by atoms with Crippen LogP contribution < -0.4 is 14.8 Å². The van der Waals surface area contributed by atoms with Crippen molar-refractivity contribution < 1.29 is 23.9 Å². The normalized spacial score (nSPS) is 14.4. The second-order valence-electron chi connectivity index (χ2n) is 6.45. The van der Waals surface area contributed by atoms with Crippen molar-refractivity contribution in [2.45, 2.75) is 4.90 Å². The second kappa shape index (κ2) is 10.8. The molecule has 2 aromatic rings. The molecule has 2 aromatic carbocycles. The van der Waals surface area contributed by atoms with Crippen LogP contribution >= 0.6 is 23.5 Å². The van der Waals surface area contributed by atoms with Gasteiger partial charge in [-0.25, -0.2) is 0 Å². The Morgan fingerprint density at radius 3 is 2.78 bits per heavy atom. The average molecular weight is 469 g/mol. The molecule has 0 atom stereocenters. The minimum atomic E-state index is -0.528. The Bertz CT molecular complexity index is 1120. The number of hydrogen-bond donors (Lipinski definition) is 1. The molecule has 3 amide bonds. The maximum absolute atomic E-state index is 12.7. The summed E-state index contributed by atoms with van der Waals surface area (Å²) in [7, 11) is 1.49. The minimum Gasteiger partial charge on any atom is -0.493 e. The molecule has 1 saturated heterocycles. The highest BCUT2D eigenvalue weighted by molar-refractivity contribution is 8.18. The van der Waals surface area contributed by atoms with E-state index in [2.05, 4.69) is 11.2 Å². The predicted octanol–water partition coefficient (Wildman–Crippen LogP) is 4.10. The quantitative estimate of drug-likeness (QED) is 0.355. The standard InChI is InChI=1S/C23H20N2O5S2/c1-4-10-30-18-9-8-15(11-19(18)29-2)12-20-22(27)25(23(28)32-20)14-21(26)24-16-6-5-7-17(13-16)31-3/h1,5-9,11-13H,10,14H2,2-3H3,(H,24,26)/b20-12-. The van der Waals surface area contributed by atoms with Crippen LogP contribution in [0.3, 0.4) is 0 Å². The van der Waals surface area contributed by atoms with Crippen LogP contribution in [0.1, 0.15) is 5.56 Å². The average Bonchev–Trinajstić information content (AvgIpc) is 3.05. The second-order valence-corrected chi connectivity index (χ2v) is 8.32. The lowest BCUT2D eigenvalue weighted by Crippen LogP contribution is -2.36. The number of ether oxygens (including phenoxy) is 2.